The van der Waals surface area contributed by atoms with Crippen molar-refractivity contribution in [1.82, 2.24) is 14.9 Å². The number of hydrogen-bond acceptors (Lipinski definition) is 5. The predicted molar refractivity (Wildman–Crippen MR) is 77.0 cm³/mol. The van der Waals surface area contributed by atoms with E-state index in [9.17, 15) is 4.79 Å². The molecule has 110 valence electrons. The molecule has 0 aromatic carbocycles. The second-order valence-electron chi connectivity index (χ2n) is 5.18. The maximum Gasteiger partial charge on any atom is 0.243 e. The van der Waals surface area contributed by atoms with Crippen molar-refractivity contribution in [3.8, 4) is 5.88 Å². The normalized spacial score (nSPS) is 16.4. The number of likely N-dealkylation sites (tertiary alicyclic amines) is 1. The number of carbonyl (C=O) groups is 1. The van der Waals surface area contributed by atoms with E-state index in [2.05, 4.69) is 28.7 Å². The molecule has 0 saturated carbocycles. The molecule has 1 aliphatic rings. The molecule has 1 aromatic heterocycles. The predicted octanol–water partition coefficient (Wildman–Crippen LogP) is 2.32. The van der Waals surface area contributed by atoms with E-state index in [1.165, 1.54) is 7.11 Å². The van der Waals surface area contributed by atoms with Crippen molar-refractivity contribution in [2.75, 3.05) is 20.2 Å². The molecule has 5 nitrogen and oxygen atoms in total. The summed E-state index contributed by atoms with van der Waals surface area (Å²) in [7, 11) is 1.52. The minimum absolute atomic E-state index is 0.0364. The Labute approximate surface area is 120 Å². The minimum atomic E-state index is -0.472. The zero-order valence-corrected chi connectivity index (χ0v) is 12.6. The molecule has 5 heteroatoms. The number of methoxy groups -OCH3 is 1. The first-order valence-corrected chi connectivity index (χ1v) is 7.34. The lowest BCUT2D eigenvalue weighted by Crippen LogP contribution is -2.53. The summed E-state index contributed by atoms with van der Waals surface area (Å²) in [5.74, 6) is 0.359. The zero-order chi connectivity index (χ0) is 14.6. The Morgan fingerprint density at radius 2 is 1.85 bits per heavy atom. The molecule has 1 saturated heterocycles. The van der Waals surface area contributed by atoms with Gasteiger partial charge < -0.3 is 4.74 Å². The Balaban J connectivity index is 2.40. The van der Waals surface area contributed by atoms with Crippen LogP contribution in [0.15, 0.2) is 12.4 Å². The van der Waals surface area contributed by atoms with Crippen LogP contribution in [0.25, 0.3) is 0 Å². The average Bonchev–Trinajstić information content (AvgIpc) is 3.03. The number of carbonyl (C=O) groups excluding carboxylic acids is 1. The minimum Gasteiger partial charge on any atom is -0.479 e. The summed E-state index contributed by atoms with van der Waals surface area (Å²) in [6, 6.07) is 0. The van der Waals surface area contributed by atoms with Gasteiger partial charge in [0, 0.05) is 12.4 Å². The first-order chi connectivity index (χ1) is 9.69. The van der Waals surface area contributed by atoms with Crippen LogP contribution in [0.5, 0.6) is 5.88 Å². The molecule has 0 radical (unpaired) electrons. The zero-order valence-electron chi connectivity index (χ0n) is 12.6. The van der Waals surface area contributed by atoms with Crippen molar-refractivity contribution >= 4 is 5.78 Å². The number of nitrogens with zero attached hydrogens (tertiary/aromatic N) is 3. The third-order valence-electron chi connectivity index (χ3n) is 4.38. The van der Waals surface area contributed by atoms with Crippen LogP contribution in [-0.4, -0.2) is 46.4 Å². The number of ketones is 1. The Bertz CT molecular complexity index is 466. The molecule has 2 rings (SSSR count). The first kappa shape index (κ1) is 14.9. The van der Waals surface area contributed by atoms with Gasteiger partial charge >= 0.3 is 0 Å². The Hall–Kier alpha value is -1.49. The molecule has 0 N–H and O–H groups in total. The van der Waals surface area contributed by atoms with Crippen molar-refractivity contribution in [1.29, 1.82) is 0 Å². The maximum atomic E-state index is 13.1. The molecule has 0 spiro atoms. The summed E-state index contributed by atoms with van der Waals surface area (Å²) >= 11 is 0. The van der Waals surface area contributed by atoms with Gasteiger partial charge in [0.1, 0.15) is 0 Å². The number of Topliss-reactive ketones (excluding diaryl/α,β-unsaturated/α-hetero) is 1. The highest BCUT2D eigenvalue weighted by molar-refractivity contribution is 6.03. The van der Waals surface area contributed by atoms with Crippen LogP contribution < -0.4 is 4.74 Å². The highest BCUT2D eigenvalue weighted by Crippen LogP contribution is 2.32. The van der Waals surface area contributed by atoms with Gasteiger partial charge in [-0.1, -0.05) is 13.8 Å². The highest BCUT2D eigenvalue weighted by atomic mass is 16.5. The second kappa shape index (κ2) is 6.31. The summed E-state index contributed by atoms with van der Waals surface area (Å²) < 4.78 is 5.20. The van der Waals surface area contributed by atoms with E-state index in [0.29, 0.717) is 11.6 Å². The van der Waals surface area contributed by atoms with Crippen LogP contribution in [0.1, 0.15) is 50.0 Å². The third-order valence-corrected chi connectivity index (χ3v) is 4.38. The lowest BCUT2D eigenvalue weighted by Gasteiger charge is -2.39. The van der Waals surface area contributed by atoms with Crippen LogP contribution in [0.4, 0.5) is 0 Å². The standard InChI is InChI=1S/C15H23N3O2/c1-4-15(5-2,18-10-6-7-11-18)13(19)12-14(20-3)17-9-8-16-12/h8-9H,4-7,10-11H2,1-3H3. The molecular formula is C15H23N3O2. The highest BCUT2D eigenvalue weighted by Gasteiger charge is 2.43. The molecule has 1 aliphatic heterocycles. The van der Waals surface area contributed by atoms with E-state index < -0.39 is 5.54 Å². The van der Waals surface area contributed by atoms with Gasteiger partial charge in [-0.05, 0) is 38.8 Å². The topological polar surface area (TPSA) is 55.3 Å². The van der Waals surface area contributed by atoms with Crippen LogP contribution in [0.2, 0.25) is 0 Å². The second-order valence-corrected chi connectivity index (χ2v) is 5.18. The molecule has 1 fully saturated rings. The van der Waals surface area contributed by atoms with Crippen molar-refractivity contribution in [2.24, 2.45) is 0 Å². The lowest BCUT2D eigenvalue weighted by atomic mass is 9.84. The van der Waals surface area contributed by atoms with Crippen molar-refractivity contribution in [3.63, 3.8) is 0 Å². The van der Waals surface area contributed by atoms with E-state index in [1.54, 1.807) is 12.4 Å². The Kier molecular flexibility index (Phi) is 4.70. The quantitative estimate of drug-likeness (QED) is 0.747. The van der Waals surface area contributed by atoms with Crippen LogP contribution in [-0.2, 0) is 0 Å². The van der Waals surface area contributed by atoms with Gasteiger partial charge in [-0.3, -0.25) is 9.69 Å². The van der Waals surface area contributed by atoms with Gasteiger partial charge in [0.2, 0.25) is 11.7 Å². The van der Waals surface area contributed by atoms with Gasteiger partial charge in [-0.15, -0.1) is 0 Å². The van der Waals surface area contributed by atoms with Gasteiger partial charge in [0.05, 0.1) is 12.6 Å². The fraction of sp³-hybridized carbons (Fsp3) is 0.667. The van der Waals surface area contributed by atoms with Crippen LogP contribution in [0, 0.1) is 0 Å². The number of aromatic nitrogens is 2. The van der Waals surface area contributed by atoms with E-state index in [4.69, 9.17) is 4.74 Å². The maximum absolute atomic E-state index is 13.1. The molecule has 0 bridgehead atoms. The van der Waals surface area contributed by atoms with Gasteiger partial charge in [0.25, 0.3) is 0 Å². The van der Waals surface area contributed by atoms with Crippen LogP contribution >= 0.6 is 0 Å². The van der Waals surface area contributed by atoms with E-state index in [1.807, 2.05) is 0 Å². The smallest absolute Gasteiger partial charge is 0.243 e. The summed E-state index contributed by atoms with van der Waals surface area (Å²) in [5.41, 5.74) is -0.120. The summed E-state index contributed by atoms with van der Waals surface area (Å²) in [6.07, 6.45) is 6.98. The van der Waals surface area contributed by atoms with E-state index in [-0.39, 0.29) is 5.78 Å². The fourth-order valence-corrected chi connectivity index (χ4v) is 3.16. The van der Waals surface area contributed by atoms with Gasteiger partial charge in [0.15, 0.2) is 5.69 Å². The average molecular weight is 277 g/mol. The van der Waals surface area contributed by atoms with Crippen LogP contribution in [0.3, 0.4) is 0 Å². The number of ether oxygens (including phenoxy) is 1. The molecule has 0 unspecified atom stereocenters. The van der Waals surface area contributed by atoms with Gasteiger partial charge in [-0.25, -0.2) is 9.97 Å². The molecule has 1 aromatic rings. The molecule has 20 heavy (non-hydrogen) atoms. The molecule has 0 amide bonds. The van der Waals surface area contributed by atoms with E-state index in [0.717, 1.165) is 38.8 Å². The summed E-state index contributed by atoms with van der Waals surface area (Å²) in [4.78, 5) is 23.7. The number of rotatable bonds is 6. The van der Waals surface area contributed by atoms with Crippen molar-refractivity contribution < 1.29 is 9.53 Å². The van der Waals surface area contributed by atoms with E-state index >= 15 is 0 Å². The van der Waals surface area contributed by atoms with Crippen molar-refractivity contribution in [2.45, 2.75) is 45.1 Å². The summed E-state index contributed by atoms with van der Waals surface area (Å²) in [5, 5.41) is 0. The first-order valence-electron chi connectivity index (χ1n) is 7.34. The Morgan fingerprint density at radius 1 is 1.25 bits per heavy atom. The lowest BCUT2D eigenvalue weighted by molar-refractivity contribution is 0.0571. The fourth-order valence-electron chi connectivity index (χ4n) is 3.16. The molecule has 0 atom stereocenters. The summed E-state index contributed by atoms with van der Waals surface area (Å²) in [6.45, 7) is 6.11. The van der Waals surface area contributed by atoms with Gasteiger partial charge in [-0.2, -0.15) is 0 Å². The number of hydrogen-bond donors (Lipinski definition) is 0. The SMILES string of the molecule is CCC(CC)(C(=O)c1nccnc1OC)N1CCCC1. The Morgan fingerprint density at radius 3 is 2.40 bits per heavy atom. The molecule has 0 aliphatic carbocycles. The van der Waals surface area contributed by atoms with Crippen molar-refractivity contribution in [3.05, 3.63) is 18.1 Å². The largest absolute Gasteiger partial charge is 0.479 e. The monoisotopic (exact) mass is 277 g/mol. The third kappa shape index (κ3) is 2.42. The molecular weight excluding hydrogens is 254 g/mol. The molecule has 2 heterocycles.